The van der Waals surface area contributed by atoms with Crippen molar-refractivity contribution < 1.29 is 18.1 Å². The van der Waals surface area contributed by atoms with Gasteiger partial charge in [-0.3, -0.25) is 19.9 Å². The molecule has 28 heavy (non-hydrogen) atoms. The fourth-order valence-electron chi connectivity index (χ4n) is 3.96. The summed E-state index contributed by atoms with van der Waals surface area (Å²) in [6.45, 7) is 2.03. The molecule has 2 atom stereocenters. The molecule has 2 aliphatic rings. The maximum atomic E-state index is 13.3. The average Bonchev–Trinajstić information content (AvgIpc) is 3.10. The van der Waals surface area contributed by atoms with E-state index in [1.54, 1.807) is 6.07 Å². The second-order valence-electron chi connectivity index (χ2n) is 7.03. The number of carbonyl (C=O) groups excluding carboxylic acids is 1. The molecule has 9 heteroatoms. The standard InChI is InChI=1S/C19H19N3O5S/c1-2-13-6-8-14(9-7-13)20-17-11-28(26,27)12-18(17)21(19(20)23)15-4-3-5-16(10-15)22(24)25/h3-10,17-18H,2,11-12H2,1H3. The van der Waals surface area contributed by atoms with Crippen LogP contribution in [0.3, 0.4) is 0 Å². The quantitative estimate of drug-likeness (QED) is 0.445. The molecule has 2 aromatic carbocycles. The van der Waals surface area contributed by atoms with Crippen molar-refractivity contribution in [3.63, 3.8) is 0 Å². The fourth-order valence-corrected chi connectivity index (χ4v) is 5.88. The van der Waals surface area contributed by atoms with E-state index in [0.717, 1.165) is 12.0 Å². The molecule has 2 fully saturated rings. The van der Waals surface area contributed by atoms with E-state index in [1.807, 2.05) is 31.2 Å². The van der Waals surface area contributed by atoms with Gasteiger partial charge in [0.15, 0.2) is 9.84 Å². The van der Waals surface area contributed by atoms with E-state index in [9.17, 15) is 23.3 Å². The number of amides is 2. The molecule has 2 aliphatic heterocycles. The molecule has 0 aromatic heterocycles. The molecule has 0 saturated carbocycles. The smallest absolute Gasteiger partial charge is 0.288 e. The first-order chi connectivity index (χ1) is 13.3. The van der Waals surface area contributed by atoms with Crippen LogP contribution in [0.15, 0.2) is 48.5 Å². The van der Waals surface area contributed by atoms with Gasteiger partial charge in [-0.05, 0) is 30.2 Å². The largest absolute Gasteiger partial charge is 0.329 e. The van der Waals surface area contributed by atoms with Gasteiger partial charge in [0.2, 0.25) is 0 Å². The van der Waals surface area contributed by atoms with Crippen LogP contribution in [-0.4, -0.2) is 43.0 Å². The highest BCUT2D eigenvalue weighted by Gasteiger charge is 2.54. The van der Waals surface area contributed by atoms with Crippen LogP contribution in [0, 0.1) is 10.1 Å². The summed E-state index contributed by atoms with van der Waals surface area (Å²) in [5.74, 6) is -0.278. The number of nitrogens with zero attached hydrogens (tertiary/aromatic N) is 3. The molecule has 0 N–H and O–H groups in total. The van der Waals surface area contributed by atoms with Gasteiger partial charge in [0.1, 0.15) is 0 Å². The number of nitro benzene ring substituents is 1. The number of sulfone groups is 1. The van der Waals surface area contributed by atoms with Gasteiger partial charge >= 0.3 is 6.03 Å². The Bertz CT molecular complexity index is 1050. The Labute approximate surface area is 162 Å². The Balaban J connectivity index is 1.78. The number of nitro groups is 1. The van der Waals surface area contributed by atoms with Crippen molar-refractivity contribution in [1.82, 2.24) is 0 Å². The molecular formula is C19H19N3O5S. The molecule has 0 aliphatic carbocycles. The summed E-state index contributed by atoms with van der Waals surface area (Å²) in [6, 6.07) is 11.7. The van der Waals surface area contributed by atoms with E-state index >= 15 is 0 Å². The van der Waals surface area contributed by atoms with Crippen LogP contribution in [0.2, 0.25) is 0 Å². The molecule has 2 heterocycles. The molecule has 0 spiro atoms. The third kappa shape index (κ3) is 3.01. The van der Waals surface area contributed by atoms with Crippen molar-refractivity contribution in [3.8, 4) is 0 Å². The van der Waals surface area contributed by atoms with Gasteiger partial charge in [-0.25, -0.2) is 13.2 Å². The van der Waals surface area contributed by atoms with Crippen LogP contribution in [0.25, 0.3) is 0 Å². The van der Waals surface area contributed by atoms with Gasteiger partial charge in [-0.15, -0.1) is 0 Å². The summed E-state index contributed by atoms with van der Waals surface area (Å²) in [5, 5.41) is 11.1. The number of rotatable bonds is 4. The monoisotopic (exact) mass is 401 g/mol. The van der Waals surface area contributed by atoms with Crippen molar-refractivity contribution in [2.45, 2.75) is 25.4 Å². The van der Waals surface area contributed by atoms with Gasteiger partial charge in [0, 0.05) is 17.8 Å². The second-order valence-corrected chi connectivity index (χ2v) is 9.18. The lowest BCUT2D eigenvalue weighted by Gasteiger charge is -2.22. The summed E-state index contributed by atoms with van der Waals surface area (Å²) < 4.78 is 24.6. The normalized spacial score (nSPS) is 23.1. The van der Waals surface area contributed by atoms with E-state index in [4.69, 9.17) is 0 Å². The molecule has 0 bridgehead atoms. The SMILES string of the molecule is CCc1ccc(N2C(=O)N(c3cccc([N+](=O)[O-])c3)C3CS(=O)(=O)CC32)cc1. The molecule has 0 radical (unpaired) electrons. The highest BCUT2D eigenvalue weighted by molar-refractivity contribution is 7.91. The number of hydrogen-bond donors (Lipinski definition) is 0. The third-order valence-corrected chi connectivity index (χ3v) is 7.01. The van der Waals surface area contributed by atoms with Crippen molar-refractivity contribution in [2.24, 2.45) is 0 Å². The maximum Gasteiger partial charge on any atom is 0.329 e. The number of fused-ring (bicyclic) bond motifs is 1. The molecular weight excluding hydrogens is 382 g/mol. The lowest BCUT2D eigenvalue weighted by molar-refractivity contribution is -0.384. The zero-order chi connectivity index (χ0) is 20.1. The first kappa shape index (κ1) is 18.4. The van der Waals surface area contributed by atoms with Crippen LogP contribution < -0.4 is 9.80 Å². The maximum absolute atomic E-state index is 13.3. The fraction of sp³-hybridized carbons (Fsp3) is 0.316. The number of non-ortho nitro benzene ring substituents is 1. The number of anilines is 2. The van der Waals surface area contributed by atoms with E-state index < -0.39 is 26.8 Å². The number of benzene rings is 2. The van der Waals surface area contributed by atoms with Gasteiger partial charge in [-0.2, -0.15) is 0 Å². The molecule has 2 unspecified atom stereocenters. The molecule has 2 saturated heterocycles. The van der Waals surface area contributed by atoms with Crippen molar-refractivity contribution in [3.05, 3.63) is 64.2 Å². The Morgan fingerprint density at radius 1 is 1.04 bits per heavy atom. The summed E-state index contributed by atoms with van der Waals surface area (Å²) in [5.41, 5.74) is 1.93. The minimum Gasteiger partial charge on any atom is -0.288 e. The van der Waals surface area contributed by atoms with E-state index in [-0.39, 0.29) is 23.2 Å². The van der Waals surface area contributed by atoms with Crippen LogP contribution >= 0.6 is 0 Å². The highest BCUT2D eigenvalue weighted by atomic mass is 32.2. The van der Waals surface area contributed by atoms with E-state index in [1.165, 1.54) is 28.0 Å². The van der Waals surface area contributed by atoms with Crippen LogP contribution in [0.4, 0.5) is 21.9 Å². The Morgan fingerprint density at radius 3 is 2.21 bits per heavy atom. The summed E-state index contributed by atoms with van der Waals surface area (Å²) >= 11 is 0. The van der Waals surface area contributed by atoms with Gasteiger partial charge in [0.25, 0.3) is 5.69 Å². The lowest BCUT2D eigenvalue weighted by Crippen LogP contribution is -2.37. The lowest BCUT2D eigenvalue weighted by atomic mass is 10.1. The first-order valence-corrected chi connectivity index (χ1v) is 10.8. The summed E-state index contributed by atoms with van der Waals surface area (Å²) in [6.07, 6.45) is 0.856. The van der Waals surface area contributed by atoms with Crippen molar-refractivity contribution in [1.29, 1.82) is 0 Å². The predicted octanol–water partition coefficient (Wildman–Crippen LogP) is 2.77. The third-order valence-electron chi connectivity index (χ3n) is 5.31. The second kappa shape index (κ2) is 6.59. The minimum absolute atomic E-state index is 0.121. The number of hydrogen-bond acceptors (Lipinski definition) is 5. The van der Waals surface area contributed by atoms with E-state index in [0.29, 0.717) is 11.4 Å². The van der Waals surface area contributed by atoms with Gasteiger partial charge in [-0.1, -0.05) is 25.1 Å². The molecule has 8 nitrogen and oxygen atoms in total. The van der Waals surface area contributed by atoms with Crippen LogP contribution in [0.5, 0.6) is 0 Å². The molecule has 4 rings (SSSR count). The summed E-state index contributed by atoms with van der Waals surface area (Å²) in [7, 11) is -3.32. The molecule has 2 aromatic rings. The van der Waals surface area contributed by atoms with Crippen LogP contribution in [-0.2, 0) is 16.3 Å². The molecule has 146 valence electrons. The Hall–Kier alpha value is -2.94. The number of urea groups is 1. The van der Waals surface area contributed by atoms with Crippen molar-refractivity contribution >= 4 is 32.9 Å². The predicted molar refractivity (Wildman–Crippen MR) is 106 cm³/mol. The number of aryl methyl sites for hydroxylation is 1. The highest BCUT2D eigenvalue weighted by Crippen LogP contribution is 2.38. The van der Waals surface area contributed by atoms with Crippen LogP contribution in [0.1, 0.15) is 12.5 Å². The topological polar surface area (TPSA) is 101 Å². The number of carbonyl (C=O) groups is 1. The minimum atomic E-state index is -3.32. The van der Waals surface area contributed by atoms with Crippen molar-refractivity contribution in [2.75, 3.05) is 21.3 Å². The Morgan fingerprint density at radius 2 is 1.64 bits per heavy atom. The van der Waals surface area contributed by atoms with Gasteiger partial charge in [0.05, 0.1) is 34.2 Å². The zero-order valence-corrected chi connectivity index (χ0v) is 16.0. The zero-order valence-electron chi connectivity index (χ0n) is 15.2. The average molecular weight is 401 g/mol. The first-order valence-electron chi connectivity index (χ1n) is 8.97. The summed E-state index contributed by atoms with van der Waals surface area (Å²) in [4.78, 5) is 26.7. The van der Waals surface area contributed by atoms with Gasteiger partial charge < -0.3 is 0 Å². The molecule has 2 amide bonds. The Kier molecular flexibility index (Phi) is 4.34. The van der Waals surface area contributed by atoms with E-state index in [2.05, 4.69) is 0 Å².